The summed E-state index contributed by atoms with van der Waals surface area (Å²) < 4.78 is 1.11. The molecule has 2 aromatic rings. The van der Waals surface area contributed by atoms with E-state index in [1.54, 1.807) is 6.20 Å². The van der Waals surface area contributed by atoms with Gasteiger partial charge in [0, 0.05) is 10.7 Å². The summed E-state index contributed by atoms with van der Waals surface area (Å²) >= 11 is 3.46. The lowest BCUT2D eigenvalue weighted by Gasteiger charge is -2.33. The number of benzene rings is 1. The summed E-state index contributed by atoms with van der Waals surface area (Å²) in [6.07, 6.45) is 3.82. The van der Waals surface area contributed by atoms with Gasteiger partial charge in [0.05, 0.1) is 6.04 Å². The van der Waals surface area contributed by atoms with Gasteiger partial charge in [0.1, 0.15) is 5.82 Å². The molecule has 0 unspecified atom stereocenters. The third-order valence-electron chi connectivity index (χ3n) is 3.70. The van der Waals surface area contributed by atoms with E-state index in [9.17, 15) is 0 Å². The van der Waals surface area contributed by atoms with Gasteiger partial charge in [-0.25, -0.2) is 9.98 Å². The highest BCUT2D eigenvalue weighted by Gasteiger charge is 2.30. The van der Waals surface area contributed by atoms with Crippen LogP contribution in [0.5, 0.6) is 0 Å². The number of nitrogens with one attached hydrogen (secondary N) is 1. The normalized spacial score (nSPS) is 20.7. The van der Waals surface area contributed by atoms with Crippen molar-refractivity contribution < 1.29 is 0 Å². The zero-order valence-corrected chi connectivity index (χ0v) is 15.9. The molecule has 3 N–H and O–H groups in total. The topological polar surface area (TPSA) is 63.3 Å². The second kappa shape index (κ2) is 7.92. The Morgan fingerprint density at radius 2 is 1.91 bits per heavy atom. The molecule has 0 radical (unpaired) electrons. The van der Waals surface area contributed by atoms with Crippen LogP contribution >= 0.6 is 39.9 Å². The molecule has 1 aliphatic rings. The number of nitrogens with two attached hydrogens (primary N) is 1. The summed E-state index contributed by atoms with van der Waals surface area (Å²) in [5.74, 6) is 1.75. The average Bonchev–Trinajstić information content (AvgIpc) is 2.45. The van der Waals surface area contributed by atoms with Crippen molar-refractivity contribution >= 4 is 51.7 Å². The number of aliphatic imine (C=N–C) groups is 1. The largest absolute Gasteiger partial charge is 0.370 e. The van der Waals surface area contributed by atoms with Gasteiger partial charge in [-0.1, -0.05) is 34.1 Å². The van der Waals surface area contributed by atoms with E-state index in [1.807, 2.05) is 18.2 Å². The number of aromatic nitrogens is 1. The second-order valence-electron chi connectivity index (χ2n) is 5.23. The summed E-state index contributed by atoms with van der Waals surface area (Å²) in [6.45, 7) is 0. The smallest absolute Gasteiger partial charge is 0.194 e. The first-order chi connectivity index (χ1) is 10.2. The minimum Gasteiger partial charge on any atom is -0.370 e. The number of pyridine rings is 1. The monoisotopic (exact) mass is 472 g/mol. The van der Waals surface area contributed by atoms with E-state index in [0.29, 0.717) is 17.9 Å². The van der Waals surface area contributed by atoms with Crippen molar-refractivity contribution in [2.45, 2.75) is 24.8 Å². The van der Waals surface area contributed by atoms with Crippen molar-refractivity contribution in [1.29, 1.82) is 0 Å². The van der Waals surface area contributed by atoms with Crippen LogP contribution in [0.4, 0.5) is 5.82 Å². The van der Waals surface area contributed by atoms with E-state index in [-0.39, 0.29) is 24.0 Å². The lowest BCUT2D eigenvalue weighted by atomic mass is 9.76. The van der Waals surface area contributed by atoms with Gasteiger partial charge in [-0.05, 0) is 48.6 Å². The summed E-state index contributed by atoms with van der Waals surface area (Å²) in [7, 11) is 0. The quantitative estimate of drug-likeness (QED) is 0.401. The standard InChI is InChI=1S/C16H17BrN4.HI/c17-13-6-4-11(5-7-13)12-9-14(10-12)20-16(18)21-15-3-1-2-8-19-15;/h1-8,12,14H,9-10H2,(H3,18,19,20,21);1H. The van der Waals surface area contributed by atoms with E-state index in [1.165, 1.54) is 5.56 Å². The van der Waals surface area contributed by atoms with Crippen LogP contribution in [0.2, 0.25) is 0 Å². The number of anilines is 1. The molecule has 6 heteroatoms. The van der Waals surface area contributed by atoms with Crippen LogP contribution < -0.4 is 11.1 Å². The fraction of sp³-hybridized carbons (Fsp3) is 0.250. The van der Waals surface area contributed by atoms with Gasteiger partial charge in [-0.2, -0.15) is 0 Å². The van der Waals surface area contributed by atoms with E-state index in [0.717, 1.165) is 23.1 Å². The maximum Gasteiger partial charge on any atom is 0.194 e. The summed E-state index contributed by atoms with van der Waals surface area (Å²) in [4.78, 5) is 8.67. The average molecular weight is 473 g/mol. The molecule has 1 heterocycles. The number of nitrogens with zero attached hydrogens (tertiary/aromatic N) is 2. The number of rotatable bonds is 3. The van der Waals surface area contributed by atoms with Crippen molar-refractivity contribution in [3.63, 3.8) is 0 Å². The lowest BCUT2D eigenvalue weighted by molar-refractivity contribution is 0.353. The van der Waals surface area contributed by atoms with Crippen LogP contribution in [-0.4, -0.2) is 17.0 Å². The van der Waals surface area contributed by atoms with Crippen molar-refractivity contribution in [2.24, 2.45) is 10.7 Å². The highest BCUT2D eigenvalue weighted by atomic mass is 127. The number of guanidine groups is 1. The number of halogens is 2. The fourth-order valence-corrected chi connectivity index (χ4v) is 2.76. The Labute approximate surface area is 155 Å². The molecule has 1 fully saturated rings. The first-order valence-corrected chi connectivity index (χ1v) is 7.77. The maximum absolute atomic E-state index is 5.91. The zero-order chi connectivity index (χ0) is 14.7. The van der Waals surface area contributed by atoms with E-state index in [2.05, 4.69) is 55.5 Å². The zero-order valence-electron chi connectivity index (χ0n) is 11.9. The third-order valence-corrected chi connectivity index (χ3v) is 4.23. The Bertz CT molecular complexity index is 624. The molecule has 3 rings (SSSR count). The molecule has 0 amide bonds. The van der Waals surface area contributed by atoms with Crippen LogP contribution in [0, 0.1) is 0 Å². The molecule has 1 aromatic carbocycles. The Morgan fingerprint density at radius 1 is 1.18 bits per heavy atom. The van der Waals surface area contributed by atoms with Gasteiger partial charge < -0.3 is 11.1 Å². The molecule has 116 valence electrons. The van der Waals surface area contributed by atoms with Gasteiger partial charge in [0.15, 0.2) is 5.96 Å². The summed E-state index contributed by atoms with van der Waals surface area (Å²) in [6, 6.07) is 14.5. The van der Waals surface area contributed by atoms with E-state index in [4.69, 9.17) is 5.73 Å². The molecule has 1 saturated carbocycles. The van der Waals surface area contributed by atoms with Crippen LogP contribution in [-0.2, 0) is 0 Å². The Hall–Kier alpha value is -1.15. The highest BCUT2D eigenvalue weighted by molar-refractivity contribution is 14.0. The first-order valence-electron chi connectivity index (χ1n) is 6.97. The van der Waals surface area contributed by atoms with Gasteiger partial charge in [-0.3, -0.25) is 0 Å². The molecule has 1 aliphatic carbocycles. The fourth-order valence-electron chi connectivity index (χ4n) is 2.50. The van der Waals surface area contributed by atoms with E-state index < -0.39 is 0 Å². The van der Waals surface area contributed by atoms with Crippen molar-refractivity contribution in [2.75, 3.05) is 5.32 Å². The van der Waals surface area contributed by atoms with Gasteiger partial charge in [0.25, 0.3) is 0 Å². The predicted octanol–water partition coefficient (Wildman–Crippen LogP) is 4.13. The molecule has 4 nitrogen and oxygen atoms in total. The van der Waals surface area contributed by atoms with Gasteiger partial charge >= 0.3 is 0 Å². The van der Waals surface area contributed by atoms with E-state index >= 15 is 0 Å². The molecule has 0 saturated heterocycles. The van der Waals surface area contributed by atoms with Crippen molar-refractivity contribution in [1.82, 2.24) is 4.98 Å². The minimum atomic E-state index is 0. The summed E-state index contributed by atoms with van der Waals surface area (Å²) in [5.41, 5.74) is 7.29. The molecular weight excluding hydrogens is 455 g/mol. The maximum atomic E-state index is 5.91. The lowest BCUT2D eigenvalue weighted by Crippen LogP contribution is -2.31. The molecular formula is C16H18BrIN4. The van der Waals surface area contributed by atoms with Crippen molar-refractivity contribution in [3.05, 3.63) is 58.7 Å². The minimum absolute atomic E-state index is 0. The van der Waals surface area contributed by atoms with Gasteiger partial charge in [0.2, 0.25) is 0 Å². The number of hydrogen-bond acceptors (Lipinski definition) is 2. The molecule has 22 heavy (non-hydrogen) atoms. The third kappa shape index (κ3) is 4.42. The van der Waals surface area contributed by atoms with Crippen LogP contribution in [0.25, 0.3) is 0 Å². The van der Waals surface area contributed by atoms with Crippen LogP contribution in [0.3, 0.4) is 0 Å². The highest BCUT2D eigenvalue weighted by Crippen LogP contribution is 2.39. The van der Waals surface area contributed by atoms with Crippen LogP contribution in [0.1, 0.15) is 24.3 Å². The van der Waals surface area contributed by atoms with Crippen LogP contribution in [0.15, 0.2) is 58.1 Å². The Kier molecular flexibility index (Phi) is 6.19. The summed E-state index contributed by atoms with van der Waals surface area (Å²) in [5, 5.41) is 3.01. The Morgan fingerprint density at radius 3 is 2.55 bits per heavy atom. The van der Waals surface area contributed by atoms with Crippen molar-refractivity contribution in [3.8, 4) is 0 Å². The molecule has 0 aliphatic heterocycles. The molecule has 0 spiro atoms. The molecule has 0 bridgehead atoms. The first kappa shape index (κ1) is 17.2. The predicted molar refractivity (Wildman–Crippen MR) is 105 cm³/mol. The molecule has 0 atom stereocenters. The SMILES string of the molecule is I.NC(=NC1CC(c2ccc(Br)cc2)C1)Nc1ccccn1. The second-order valence-corrected chi connectivity index (χ2v) is 6.14. The Balaban J connectivity index is 0.00000176. The number of hydrogen-bond donors (Lipinski definition) is 2. The van der Waals surface area contributed by atoms with Gasteiger partial charge in [-0.15, -0.1) is 24.0 Å². The molecule has 1 aromatic heterocycles.